The van der Waals surface area contributed by atoms with Crippen LogP contribution in [0.4, 0.5) is 0 Å². The van der Waals surface area contributed by atoms with Crippen molar-refractivity contribution in [2.75, 3.05) is 13.1 Å². The van der Waals surface area contributed by atoms with Gasteiger partial charge in [-0.2, -0.15) is 9.57 Å². The molecule has 3 rings (SSSR count). The van der Waals surface area contributed by atoms with Crippen molar-refractivity contribution >= 4 is 65.1 Å². The summed E-state index contributed by atoms with van der Waals surface area (Å²) in [4.78, 5) is 1.71. The van der Waals surface area contributed by atoms with Gasteiger partial charge >= 0.3 is 0 Å². The molecule has 0 saturated carbocycles. The first-order valence-corrected chi connectivity index (χ1v) is 12.1. The van der Waals surface area contributed by atoms with E-state index in [0.29, 0.717) is 44.1 Å². The molecule has 0 N–H and O–H groups in total. The molecule has 0 bridgehead atoms. The van der Waals surface area contributed by atoms with Gasteiger partial charge in [0.25, 0.3) is 0 Å². The van der Waals surface area contributed by atoms with E-state index in [-0.39, 0.29) is 17.5 Å². The van der Waals surface area contributed by atoms with Crippen molar-refractivity contribution in [2.24, 2.45) is 0 Å². The van der Waals surface area contributed by atoms with Gasteiger partial charge in [0.2, 0.25) is 10.0 Å². The monoisotopic (exact) mass is 565 g/mol. The number of hydrogen-bond donors (Lipinski definition) is 0. The number of hydrogen-bond acceptors (Lipinski definition) is 4. The van der Waals surface area contributed by atoms with E-state index in [1.54, 1.807) is 41.3 Å². The Morgan fingerprint density at radius 1 is 1.21 bits per heavy atom. The van der Waals surface area contributed by atoms with Crippen molar-refractivity contribution in [1.82, 2.24) is 9.21 Å². The Bertz CT molecular complexity index is 1040. The van der Waals surface area contributed by atoms with Crippen molar-refractivity contribution in [3.8, 4) is 6.19 Å². The van der Waals surface area contributed by atoms with Crippen molar-refractivity contribution in [3.63, 3.8) is 0 Å². The van der Waals surface area contributed by atoms with Crippen LogP contribution >= 0.6 is 55.1 Å². The Balaban J connectivity index is 2.06. The van der Waals surface area contributed by atoms with Gasteiger partial charge in [-0.25, -0.2) is 8.42 Å². The Hall–Kier alpha value is -0.820. The molecule has 0 unspecified atom stereocenters. The maximum atomic E-state index is 13.6. The van der Waals surface area contributed by atoms with E-state index >= 15 is 0 Å². The number of nitriles is 1. The minimum Gasteiger partial charge on any atom is -0.309 e. The van der Waals surface area contributed by atoms with Gasteiger partial charge in [0.15, 0.2) is 6.19 Å². The molecule has 1 fully saturated rings. The Labute approximate surface area is 191 Å². The predicted molar refractivity (Wildman–Crippen MR) is 117 cm³/mol. The van der Waals surface area contributed by atoms with Crippen molar-refractivity contribution in [1.29, 1.82) is 5.26 Å². The lowest BCUT2D eigenvalue weighted by atomic mass is 10.2. The van der Waals surface area contributed by atoms with Crippen molar-refractivity contribution < 1.29 is 8.42 Å². The first kappa shape index (κ1) is 21.9. The molecule has 0 radical (unpaired) electrons. The molecule has 0 spiro atoms. The van der Waals surface area contributed by atoms with Crippen LogP contribution in [0.1, 0.15) is 12.0 Å². The summed E-state index contributed by atoms with van der Waals surface area (Å²) in [5.74, 6) is 0. The van der Waals surface area contributed by atoms with Crippen molar-refractivity contribution in [3.05, 3.63) is 61.0 Å². The van der Waals surface area contributed by atoms with Crippen LogP contribution in [-0.2, 0) is 16.6 Å². The van der Waals surface area contributed by atoms with Crippen LogP contribution in [-0.4, -0.2) is 36.8 Å². The third kappa shape index (κ3) is 4.66. The molecule has 2 aromatic rings. The van der Waals surface area contributed by atoms with Crippen LogP contribution in [0.15, 0.2) is 50.2 Å². The minimum absolute atomic E-state index is 0.0601. The molecule has 2 aromatic carbocycles. The highest BCUT2D eigenvalue weighted by atomic mass is 79.9. The van der Waals surface area contributed by atoms with Crippen LogP contribution in [0, 0.1) is 11.5 Å². The fraction of sp³-hybridized carbons (Fsp3) is 0.278. The summed E-state index contributed by atoms with van der Waals surface area (Å²) in [5.41, 5.74) is 0.610. The number of halogens is 4. The molecular formula is C18H15Br2Cl2N3O2S. The van der Waals surface area contributed by atoms with Gasteiger partial charge in [0, 0.05) is 44.7 Å². The summed E-state index contributed by atoms with van der Waals surface area (Å²) in [5, 5.41) is 10.1. The van der Waals surface area contributed by atoms with E-state index in [2.05, 4.69) is 38.1 Å². The van der Waals surface area contributed by atoms with E-state index in [0.717, 1.165) is 0 Å². The maximum Gasteiger partial charge on any atom is 0.244 e. The summed E-state index contributed by atoms with van der Waals surface area (Å²) >= 11 is 19.1. The number of likely N-dealkylation sites (tertiary alicyclic amines) is 1. The molecule has 28 heavy (non-hydrogen) atoms. The molecule has 1 aliphatic rings. The molecule has 1 atom stereocenters. The highest BCUT2D eigenvalue weighted by Crippen LogP contribution is 2.33. The predicted octanol–water partition coefficient (Wildman–Crippen LogP) is 5.26. The third-order valence-corrected chi connectivity index (χ3v) is 8.52. The van der Waals surface area contributed by atoms with Gasteiger partial charge in [-0.15, -0.1) is 0 Å². The van der Waals surface area contributed by atoms with Gasteiger partial charge in [-0.05, 0) is 64.3 Å². The molecule has 1 aliphatic heterocycles. The summed E-state index contributed by atoms with van der Waals surface area (Å²) in [7, 11) is -3.88. The Morgan fingerprint density at radius 3 is 2.64 bits per heavy atom. The zero-order valence-corrected chi connectivity index (χ0v) is 19.9. The summed E-state index contributed by atoms with van der Waals surface area (Å²) in [6.45, 7) is 0.903. The van der Waals surface area contributed by atoms with E-state index < -0.39 is 10.0 Å². The highest BCUT2D eigenvalue weighted by Gasteiger charge is 2.37. The second kappa shape index (κ2) is 8.90. The summed E-state index contributed by atoms with van der Waals surface area (Å²) < 4.78 is 29.7. The zero-order chi connectivity index (χ0) is 20.5. The topological polar surface area (TPSA) is 64.4 Å². The normalized spacial score (nSPS) is 17.1. The smallest absolute Gasteiger partial charge is 0.244 e. The highest BCUT2D eigenvalue weighted by molar-refractivity contribution is 9.11. The lowest BCUT2D eigenvalue weighted by Gasteiger charge is -2.29. The molecule has 0 aliphatic carbocycles. The quantitative estimate of drug-likeness (QED) is 0.462. The summed E-state index contributed by atoms with van der Waals surface area (Å²) in [6.07, 6.45) is 2.64. The van der Waals surface area contributed by atoms with Crippen LogP contribution in [0.5, 0.6) is 0 Å². The molecule has 1 heterocycles. The molecule has 0 aromatic heterocycles. The minimum atomic E-state index is -3.88. The fourth-order valence-corrected chi connectivity index (χ4v) is 6.57. The van der Waals surface area contributed by atoms with E-state index in [1.165, 1.54) is 4.31 Å². The molecule has 1 saturated heterocycles. The molecule has 0 amide bonds. The maximum absolute atomic E-state index is 13.6. The van der Waals surface area contributed by atoms with Gasteiger partial charge in [0.05, 0.1) is 4.90 Å². The zero-order valence-electron chi connectivity index (χ0n) is 14.4. The number of sulfonamides is 1. The number of benzene rings is 2. The van der Waals surface area contributed by atoms with Crippen LogP contribution in [0.25, 0.3) is 0 Å². The van der Waals surface area contributed by atoms with E-state index in [1.807, 2.05) is 0 Å². The van der Waals surface area contributed by atoms with Crippen LogP contribution in [0.2, 0.25) is 10.0 Å². The van der Waals surface area contributed by atoms with Crippen LogP contribution in [0.3, 0.4) is 0 Å². The first-order valence-electron chi connectivity index (χ1n) is 8.28. The molecule has 148 valence electrons. The second-order valence-corrected chi connectivity index (χ2v) is 10.8. The number of rotatable bonds is 5. The van der Waals surface area contributed by atoms with Gasteiger partial charge in [-0.3, -0.25) is 0 Å². The third-order valence-electron chi connectivity index (χ3n) is 4.53. The molecular weight excluding hydrogens is 553 g/mol. The Morgan fingerprint density at radius 2 is 1.96 bits per heavy atom. The first-order chi connectivity index (χ1) is 13.2. The fourth-order valence-electron chi connectivity index (χ4n) is 3.11. The standard InChI is InChI=1S/C18H15Br2Cl2N3O2S/c19-13-1-3-16(20)18(8-13)28(26,27)25(15-5-6-24(10-15)11-23)9-12-7-14(21)2-4-17(12)22/h1-4,7-8,15H,5-6,9-10H2/t15-/m1/s1. The van der Waals surface area contributed by atoms with Gasteiger partial charge < -0.3 is 4.90 Å². The van der Waals surface area contributed by atoms with Gasteiger partial charge in [-0.1, -0.05) is 39.1 Å². The molecule has 5 nitrogen and oxygen atoms in total. The van der Waals surface area contributed by atoms with Gasteiger partial charge in [0.1, 0.15) is 0 Å². The number of nitrogens with zero attached hydrogens (tertiary/aromatic N) is 3. The average molecular weight is 568 g/mol. The average Bonchev–Trinajstić information content (AvgIpc) is 3.12. The SMILES string of the molecule is N#CN1CC[C@@H](N(Cc2cc(Cl)ccc2Cl)S(=O)(=O)c2cc(Br)ccc2Br)C1. The van der Waals surface area contributed by atoms with Crippen LogP contribution < -0.4 is 0 Å². The lowest BCUT2D eigenvalue weighted by Crippen LogP contribution is -2.41. The van der Waals surface area contributed by atoms with Crippen molar-refractivity contribution in [2.45, 2.75) is 23.9 Å². The van der Waals surface area contributed by atoms with E-state index in [4.69, 9.17) is 23.2 Å². The summed E-state index contributed by atoms with van der Waals surface area (Å²) in [6, 6.07) is 9.61. The Kier molecular flexibility index (Phi) is 6.96. The second-order valence-electron chi connectivity index (χ2n) is 6.35. The lowest BCUT2D eigenvalue weighted by molar-refractivity contribution is 0.314. The molecule has 10 heteroatoms. The van der Waals surface area contributed by atoms with E-state index in [9.17, 15) is 13.7 Å². The largest absolute Gasteiger partial charge is 0.309 e.